The Morgan fingerprint density at radius 2 is 2.16 bits per heavy atom. The number of aromatic nitrogens is 2. The lowest BCUT2D eigenvalue weighted by atomic mass is 10.1. The van der Waals surface area contributed by atoms with Crippen molar-refractivity contribution in [2.24, 2.45) is 5.73 Å². The Morgan fingerprint density at radius 1 is 1.47 bits per heavy atom. The van der Waals surface area contributed by atoms with Gasteiger partial charge in [0.15, 0.2) is 0 Å². The number of hydrogen-bond donors (Lipinski definition) is 2. The van der Waals surface area contributed by atoms with Crippen LogP contribution in [0.15, 0.2) is 6.07 Å². The molecule has 1 aromatic rings. The molecule has 0 spiro atoms. The lowest BCUT2D eigenvalue weighted by Gasteiger charge is -2.32. The van der Waals surface area contributed by atoms with E-state index in [0.717, 1.165) is 43.3 Å². The number of amides is 1. The Hall–Kier alpha value is -1.69. The van der Waals surface area contributed by atoms with Crippen LogP contribution in [0, 0.1) is 6.92 Å². The molecule has 0 unspecified atom stereocenters. The summed E-state index contributed by atoms with van der Waals surface area (Å²) in [6, 6.07) is 2.18. The molecule has 0 radical (unpaired) electrons. The molecule has 1 aromatic heterocycles. The predicted molar refractivity (Wildman–Crippen MR) is 73.7 cm³/mol. The Bertz CT molecular complexity index is 454. The summed E-state index contributed by atoms with van der Waals surface area (Å²) < 4.78 is 0. The third-order valence-corrected chi connectivity index (χ3v) is 3.29. The summed E-state index contributed by atoms with van der Waals surface area (Å²) in [5, 5.41) is 2.96. The van der Waals surface area contributed by atoms with E-state index < -0.39 is 0 Å². The summed E-state index contributed by atoms with van der Waals surface area (Å²) >= 11 is 0. The Labute approximate surface area is 113 Å². The summed E-state index contributed by atoms with van der Waals surface area (Å²) in [6.07, 6.45) is 1.85. The summed E-state index contributed by atoms with van der Waals surface area (Å²) in [5.41, 5.74) is 7.44. The monoisotopic (exact) mass is 263 g/mol. The quantitative estimate of drug-likeness (QED) is 0.822. The van der Waals surface area contributed by atoms with Gasteiger partial charge in [0, 0.05) is 38.3 Å². The average molecular weight is 263 g/mol. The van der Waals surface area contributed by atoms with Gasteiger partial charge in [-0.15, -0.1) is 0 Å². The largest absolute Gasteiger partial charge is 0.353 e. The minimum atomic E-state index is 0.0377. The van der Waals surface area contributed by atoms with Crippen molar-refractivity contribution in [2.45, 2.75) is 39.3 Å². The number of nitrogens with two attached hydrogens (primary N) is 1. The summed E-state index contributed by atoms with van der Waals surface area (Å²) in [7, 11) is 0. The molecule has 0 bridgehead atoms. The predicted octanol–water partition coefficient (Wildman–Crippen LogP) is 0.349. The molecule has 6 nitrogen and oxygen atoms in total. The van der Waals surface area contributed by atoms with Crippen molar-refractivity contribution in [1.82, 2.24) is 15.3 Å². The van der Waals surface area contributed by atoms with Crippen LogP contribution in [0.4, 0.5) is 5.95 Å². The van der Waals surface area contributed by atoms with Crippen molar-refractivity contribution in [3.8, 4) is 0 Å². The number of anilines is 1. The molecule has 0 aromatic carbocycles. The molecule has 1 fully saturated rings. The van der Waals surface area contributed by atoms with E-state index in [2.05, 4.69) is 20.2 Å². The van der Waals surface area contributed by atoms with E-state index in [9.17, 15) is 4.79 Å². The van der Waals surface area contributed by atoms with Crippen molar-refractivity contribution < 1.29 is 4.79 Å². The highest BCUT2D eigenvalue weighted by molar-refractivity contribution is 5.73. The molecule has 3 N–H and O–H groups in total. The molecule has 0 aliphatic carbocycles. The van der Waals surface area contributed by atoms with Crippen LogP contribution in [0.5, 0.6) is 0 Å². The highest BCUT2D eigenvalue weighted by atomic mass is 16.1. The normalized spacial score (nSPS) is 16.5. The van der Waals surface area contributed by atoms with Crippen molar-refractivity contribution in [2.75, 3.05) is 18.0 Å². The van der Waals surface area contributed by atoms with Gasteiger partial charge in [0.25, 0.3) is 0 Å². The standard InChI is InChI=1S/C13H21N5O/c1-9-7-12(8-14)17-13(15-9)18-5-3-11(4-6-18)16-10(2)19/h7,11H,3-6,8,14H2,1-2H3,(H,16,19). The van der Waals surface area contributed by atoms with Crippen LogP contribution in [0.2, 0.25) is 0 Å². The smallest absolute Gasteiger partial charge is 0.225 e. The van der Waals surface area contributed by atoms with Gasteiger partial charge in [-0.1, -0.05) is 0 Å². The lowest BCUT2D eigenvalue weighted by molar-refractivity contribution is -0.119. The van der Waals surface area contributed by atoms with E-state index in [-0.39, 0.29) is 11.9 Å². The van der Waals surface area contributed by atoms with Crippen molar-refractivity contribution in [1.29, 1.82) is 0 Å². The Morgan fingerprint density at radius 3 is 2.74 bits per heavy atom. The molecule has 2 heterocycles. The molecule has 1 amide bonds. The van der Waals surface area contributed by atoms with Crippen molar-refractivity contribution in [3.05, 3.63) is 17.5 Å². The van der Waals surface area contributed by atoms with Gasteiger partial charge in [-0.2, -0.15) is 0 Å². The van der Waals surface area contributed by atoms with Crippen LogP contribution >= 0.6 is 0 Å². The topological polar surface area (TPSA) is 84.1 Å². The van der Waals surface area contributed by atoms with Crippen molar-refractivity contribution >= 4 is 11.9 Å². The maximum atomic E-state index is 11.0. The molecule has 6 heteroatoms. The fraction of sp³-hybridized carbons (Fsp3) is 0.615. The van der Waals surface area contributed by atoms with Gasteiger partial charge < -0.3 is 16.0 Å². The maximum absolute atomic E-state index is 11.0. The van der Waals surface area contributed by atoms with Gasteiger partial charge in [0.2, 0.25) is 11.9 Å². The second-order valence-electron chi connectivity index (χ2n) is 4.97. The van der Waals surface area contributed by atoms with Crippen LogP contribution in [0.3, 0.4) is 0 Å². The molecule has 1 aliphatic heterocycles. The molecule has 19 heavy (non-hydrogen) atoms. The molecular weight excluding hydrogens is 242 g/mol. The van der Waals surface area contributed by atoms with Crippen LogP contribution in [0.25, 0.3) is 0 Å². The number of piperidine rings is 1. The van der Waals surface area contributed by atoms with Crippen LogP contribution in [0.1, 0.15) is 31.2 Å². The first-order valence-corrected chi connectivity index (χ1v) is 6.65. The Kier molecular flexibility index (Phi) is 4.31. The zero-order chi connectivity index (χ0) is 13.8. The molecule has 1 saturated heterocycles. The summed E-state index contributed by atoms with van der Waals surface area (Å²) in [4.78, 5) is 22.1. The number of carbonyl (C=O) groups is 1. The lowest BCUT2D eigenvalue weighted by Crippen LogP contribution is -2.44. The minimum absolute atomic E-state index is 0.0377. The van der Waals surface area contributed by atoms with Gasteiger partial charge in [-0.25, -0.2) is 9.97 Å². The summed E-state index contributed by atoms with van der Waals surface area (Å²) in [6.45, 7) is 5.66. The molecule has 1 aliphatic rings. The first kappa shape index (κ1) is 13.7. The van der Waals surface area contributed by atoms with E-state index >= 15 is 0 Å². The average Bonchev–Trinajstić information content (AvgIpc) is 2.38. The van der Waals surface area contributed by atoms with E-state index in [0.29, 0.717) is 6.54 Å². The molecular formula is C13H21N5O. The molecule has 2 rings (SSSR count). The Balaban J connectivity index is 2.01. The highest BCUT2D eigenvalue weighted by Crippen LogP contribution is 2.17. The number of nitrogens with one attached hydrogen (secondary N) is 1. The zero-order valence-corrected chi connectivity index (χ0v) is 11.5. The van der Waals surface area contributed by atoms with Gasteiger partial charge in [0.05, 0.1) is 5.69 Å². The second kappa shape index (κ2) is 5.97. The van der Waals surface area contributed by atoms with E-state index in [4.69, 9.17) is 5.73 Å². The second-order valence-corrected chi connectivity index (χ2v) is 4.97. The van der Waals surface area contributed by atoms with Gasteiger partial charge in [0.1, 0.15) is 0 Å². The summed E-state index contributed by atoms with van der Waals surface area (Å²) in [5.74, 6) is 0.789. The maximum Gasteiger partial charge on any atom is 0.225 e. The minimum Gasteiger partial charge on any atom is -0.353 e. The number of rotatable bonds is 3. The number of carbonyl (C=O) groups excluding carboxylic acids is 1. The first-order chi connectivity index (χ1) is 9.08. The van der Waals surface area contributed by atoms with Crippen molar-refractivity contribution in [3.63, 3.8) is 0 Å². The van der Waals surface area contributed by atoms with Gasteiger partial charge in [-0.05, 0) is 25.8 Å². The zero-order valence-electron chi connectivity index (χ0n) is 11.5. The van der Waals surface area contributed by atoms with E-state index in [1.807, 2.05) is 13.0 Å². The number of hydrogen-bond acceptors (Lipinski definition) is 5. The number of nitrogens with zero attached hydrogens (tertiary/aromatic N) is 3. The highest BCUT2D eigenvalue weighted by Gasteiger charge is 2.21. The fourth-order valence-electron chi connectivity index (χ4n) is 2.37. The van der Waals surface area contributed by atoms with Crippen LogP contribution < -0.4 is 16.0 Å². The molecule has 0 atom stereocenters. The third-order valence-electron chi connectivity index (χ3n) is 3.29. The first-order valence-electron chi connectivity index (χ1n) is 6.65. The van der Waals surface area contributed by atoms with E-state index in [1.165, 1.54) is 0 Å². The van der Waals surface area contributed by atoms with E-state index in [1.54, 1.807) is 6.92 Å². The SMILES string of the molecule is CC(=O)NC1CCN(c2nc(C)cc(CN)n2)CC1. The van der Waals surface area contributed by atoms with Crippen LogP contribution in [-0.2, 0) is 11.3 Å². The number of aryl methyl sites for hydroxylation is 1. The third kappa shape index (κ3) is 3.64. The van der Waals surface area contributed by atoms with Gasteiger partial charge in [-0.3, -0.25) is 4.79 Å². The molecule has 104 valence electrons. The fourth-order valence-corrected chi connectivity index (χ4v) is 2.37. The molecule has 0 saturated carbocycles. The van der Waals surface area contributed by atoms with Crippen LogP contribution in [-0.4, -0.2) is 35.0 Å². The van der Waals surface area contributed by atoms with Gasteiger partial charge >= 0.3 is 0 Å².